The summed E-state index contributed by atoms with van der Waals surface area (Å²) in [5, 5.41) is 3.01. The fourth-order valence-corrected chi connectivity index (χ4v) is 2.51. The van der Waals surface area contributed by atoms with Crippen molar-refractivity contribution < 1.29 is 4.79 Å². The number of amides is 1. The second-order valence-corrected chi connectivity index (χ2v) is 6.13. The van der Waals surface area contributed by atoms with E-state index in [9.17, 15) is 4.79 Å². The van der Waals surface area contributed by atoms with Crippen LogP contribution in [0, 0.1) is 5.92 Å². The number of imidazole rings is 1. The maximum absolute atomic E-state index is 12.1. The Morgan fingerprint density at radius 1 is 1.13 bits per heavy atom. The molecule has 0 aliphatic carbocycles. The Bertz CT molecular complexity index is 787. The summed E-state index contributed by atoms with van der Waals surface area (Å²) < 4.78 is 0. The zero-order chi connectivity index (χ0) is 16.2. The Kier molecular flexibility index (Phi) is 4.42. The second-order valence-electron chi connectivity index (χ2n) is 6.13. The molecule has 1 heterocycles. The van der Waals surface area contributed by atoms with Gasteiger partial charge in [-0.15, -0.1) is 0 Å². The molecule has 0 aliphatic heterocycles. The van der Waals surface area contributed by atoms with E-state index >= 15 is 0 Å². The van der Waals surface area contributed by atoms with Crippen LogP contribution in [0.5, 0.6) is 0 Å². The van der Waals surface area contributed by atoms with Gasteiger partial charge in [0.15, 0.2) is 0 Å². The minimum absolute atomic E-state index is 0.0438. The summed E-state index contributed by atoms with van der Waals surface area (Å²) in [5.74, 6) is 1.33. The average Bonchev–Trinajstić information content (AvgIpc) is 2.97. The largest absolute Gasteiger partial charge is 0.338 e. The monoisotopic (exact) mass is 307 g/mol. The molecule has 3 rings (SSSR count). The van der Waals surface area contributed by atoms with E-state index in [-0.39, 0.29) is 5.91 Å². The van der Waals surface area contributed by atoms with Crippen LogP contribution in [0.1, 0.15) is 26.7 Å². The van der Waals surface area contributed by atoms with Gasteiger partial charge >= 0.3 is 0 Å². The number of nitrogens with one attached hydrogen (secondary N) is 2. The van der Waals surface area contributed by atoms with Gasteiger partial charge in [-0.1, -0.05) is 38.1 Å². The van der Waals surface area contributed by atoms with Gasteiger partial charge in [0.2, 0.25) is 5.91 Å². The van der Waals surface area contributed by atoms with E-state index in [1.54, 1.807) is 0 Å². The van der Waals surface area contributed by atoms with E-state index in [1.165, 1.54) is 0 Å². The van der Waals surface area contributed by atoms with Crippen LogP contribution in [0.2, 0.25) is 0 Å². The van der Waals surface area contributed by atoms with Gasteiger partial charge in [-0.05, 0) is 36.6 Å². The van der Waals surface area contributed by atoms with E-state index in [4.69, 9.17) is 0 Å². The smallest absolute Gasteiger partial charge is 0.224 e. The third kappa shape index (κ3) is 3.59. The molecule has 0 spiro atoms. The molecule has 23 heavy (non-hydrogen) atoms. The van der Waals surface area contributed by atoms with Gasteiger partial charge in [-0.3, -0.25) is 4.79 Å². The third-order valence-corrected chi connectivity index (χ3v) is 3.79. The summed E-state index contributed by atoms with van der Waals surface area (Å²) in [5.41, 5.74) is 3.61. The number of aromatic nitrogens is 2. The number of hydrogen-bond acceptors (Lipinski definition) is 2. The van der Waals surface area contributed by atoms with Crippen LogP contribution < -0.4 is 5.32 Å². The van der Waals surface area contributed by atoms with Crippen LogP contribution in [-0.2, 0) is 4.79 Å². The molecule has 118 valence electrons. The minimum atomic E-state index is 0.0438. The first-order chi connectivity index (χ1) is 11.1. The average molecular weight is 307 g/mol. The summed E-state index contributed by atoms with van der Waals surface area (Å²) in [6.07, 6.45) is 1.42. The van der Waals surface area contributed by atoms with Crippen molar-refractivity contribution in [1.29, 1.82) is 0 Å². The number of benzene rings is 2. The van der Waals surface area contributed by atoms with E-state index in [1.807, 2.05) is 48.5 Å². The summed E-state index contributed by atoms with van der Waals surface area (Å²) in [4.78, 5) is 20.1. The van der Waals surface area contributed by atoms with Gasteiger partial charge in [-0.25, -0.2) is 4.98 Å². The van der Waals surface area contributed by atoms with Crippen LogP contribution in [0.4, 0.5) is 5.69 Å². The molecule has 0 saturated heterocycles. The van der Waals surface area contributed by atoms with Crippen molar-refractivity contribution in [2.24, 2.45) is 5.92 Å². The topological polar surface area (TPSA) is 57.8 Å². The Balaban J connectivity index is 1.87. The second kappa shape index (κ2) is 6.65. The van der Waals surface area contributed by atoms with Crippen LogP contribution in [0.15, 0.2) is 48.5 Å². The molecular formula is C19H21N3O. The lowest BCUT2D eigenvalue weighted by atomic mass is 10.1. The number of rotatable bonds is 5. The lowest BCUT2D eigenvalue weighted by Gasteiger charge is -2.10. The molecular weight excluding hydrogens is 286 g/mol. The molecule has 3 aromatic rings. The lowest BCUT2D eigenvalue weighted by molar-refractivity contribution is -0.116. The van der Waals surface area contributed by atoms with Crippen molar-refractivity contribution >= 4 is 22.6 Å². The number of para-hydroxylation sites is 3. The molecule has 0 fully saturated rings. The van der Waals surface area contributed by atoms with Crippen LogP contribution in [-0.4, -0.2) is 15.9 Å². The molecule has 0 radical (unpaired) electrons. The highest BCUT2D eigenvalue weighted by atomic mass is 16.1. The molecule has 4 nitrogen and oxygen atoms in total. The van der Waals surface area contributed by atoms with Gasteiger partial charge in [0.25, 0.3) is 0 Å². The first-order valence-electron chi connectivity index (χ1n) is 7.97. The fraction of sp³-hybridized carbons (Fsp3) is 0.263. The molecule has 4 heteroatoms. The van der Waals surface area contributed by atoms with Gasteiger partial charge in [0, 0.05) is 12.0 Å². The Morgan fingerprint density at radius 2 is 1.87 bits per heavy atom. The maximum Gasteiger partial charge on any atom is 0.224 e. The molecule has 2 N–H and O–H groups in total. The quantitative estimate of drug-likeness (QED) is 0.723. The zero-order valence-electron chi connectivity index (χ0n) is 13.5. The number of H-pyrrole nitrogens is 1. The molecule has 1 aromatic heterocycles. The first-order valence-corrected chi connectivity index (χ1v) is 7.97. The minimum Gasteiger partial charge on any atom is -0.338 e. The van der Waals surface area contributed by atoms with E-state index in [0.29, 0.717) is 12.3 Å². The van der Waals surface area contributed by atoms with E-state index in [2.05, 4.69) is 29.1 Å². The van der Waals surface area contributed by atoms with Crippen LogP contribution in [0.25, 0.3) is 22.4 Å². The van der Waals surface area contributed by atoms with Crippen LogP contribution in [0.3, 0.4) is 0 Å². The summed E-state index contributed by atoms with van der Waals surface area (Å²) in [6.45, 7) is 4.24. The zero-order valence-corrected chi connectivity index (χ0v) is 13.5. The Labute approximate surface area is 136 Å². The molecule has 1 amide bonds. The number of aromatic amines is 1. The fourth-order valence-electron chi connectivity index (χ4n) is 2.51. The Morgan fingerprint density at radius 3 is 2.65 bits per heavy atom. The molecule has 0 atom stereocenters. The van der Waals surface area contributed by atoms with Gasteiger partial charge in [0.05, 0.1) is 16.7 Å². The van der Waals surface area contributed by atoms with Crippen LogP contribution >= 0.6 is 0 Å². The number of carbonyl (C=O) groups is 1. The summed E-state index contributed by atoms with van der Waals surface area (Å²) in [6, 6.07) is 15.7. The van der Waals surface area contributed by atoms with Crippen molar-refractivity contribution in [1.82, 2.24) is 9.97 Å². The maximum atomic E-state index is 12.1. The van der Waals surface area contributed by atoms with Crippen molar-refractivity contribution in [3.8, 4) is 11.4 Å². The van der Waals surface area contributed by atoms with E-state index < -0.39 is 0 Å². The van der Waals surface area contributed by atoms with E-state index in [0.717, 1.165) is 34.5 Å². The van der Waals surface area contributed by atoms with Gasteiger partial charge in [0.1, 0.15) is 5.82 Å². The lowest BCUT2D eigenvalue weighted by Crippen LogP contribution is -2.13. The Hall–Kier alpha value is -2.62. The molecule has 0 bridgehead atoms. The standard InChI is InChI=1S/C19H21N3O/c1-13(2)11-12-18(23)20-15-8-4-3-7-14(15)19-21-16-9-5-6-10-17(16)22-19/h3-10,13H,11-12H2,1-2H3,(H,20,23)(H,21,22). The van der Waals surface area contributed by atoms with Crippen molar-refractivity contribution in [3.05, 3.63) is 48.5 Å². The molecule has 2 aromatic carbocycles. The predicted octanol–water partition coefficient (Wildman–Crippen LogP) is 4.60. The molecule has 0 aliphatic rings. The SMILES string of the molecule is CC(C)CCC(=O)Nc1ccccc1-c1nc2ccccc2[nH]1. The number of fused-ring (bicyclic) bond motifs is 1. The van der Waals surface area contributed by atoms with Gasteiger partial charge < -0.3 is 10.3 Å². The molecule has 0 unspecified atom stereocenters. The summed E-state index contributed by atoms with van der Waals surface area (Å²) >= 11 is 0. The number of carbonyl (C=O) groups excluding carboxylic acids is 1. The highest BCUT2D eigenvalue weighted by molar-refractivity contribution is 5.95. The van der Waals surface area contributed by atoms with Crippen molar-refractivity contribution in [2.45, 2.75) is 26.7 Å². The third-order valence-electron chi connectivity index (χ3n) is 3.79. The first kappa shape index (κ1) is 15.3. The number of anilines is 1. The highest BCUT2D eigenvalue weighted by Crippen LogP contribution is 2.27. The highest BCUT2D eigenvalue weighted by Gasteiger charge is 2.12. The normalized spacial score (nSPS) is 11.1. The van der Waals surface area contributed by atoms with Crippen molar-refractivity contribution in [2.75, 3.05) is 5.32 Å². The summed E-state index contributed by atoms with van der Waals surface area (Å²) in [7, 11) is 0. The predicted molar refractivity (Wildman–Crippen MR) is 94.2 cm³/mol. The molecule has 0 saturated carbocycles. The number of hydrogen-bond donors (Lipinski definition) is 2. The number of nitrogens with zero attached hydrogens (tertiary/aromatic N) is 1. The van der Waals surface area contributed by atoms with Crippen molar-refractivity contribution in [3.63, 3.8) is 0 Å². The van der Waals surface area contributed by atoms with Gasteiger partial charge in [-0.2, -0.15) is 0 Å².